The first-order valence-electron chi connectivity index (χ1n) is 5.25. The lowest BCUT2D eigenvalue weighted by Crippen LogP contribution is -2.03. The summed E-state index contributed by atoms with van der Waals surface area (Å²) < 4.78 is 6.26. The van der Waals surface area contributed by atoms with Crippen LogP contribution in [0.4, 0.5) is 5.69 Å². The lowest BCUT2D eigenvalue weighted by Gasteiger charge is -2.03. The van der Waals surface area contributed by atoms with Crippen LogP contribution in [0.3, 0.4) is 0 Å². The molecule has 0 aliphatic rings. The van der Waals surface area contributed by atoms with E-state index < -0.39 is 5.97 Å². The van der Waals surface area contributed by atoms with Crippen molar-refractivity contribution in [3.8, 4) is 5.82 Å². The molecule has 0 fully saturated rings. The summed E-state index contributed by atoms with van der Waals surface area (Å²) in [6.45, 7) is 2.05. The zero-order valence-corrected chi connectivity index (χ0v) is 10.4. The second-order valence-electron chi connectivity index (χ2n) is 3.47. The van der Waals surface area contributed by atoms with Gasteiger partial charge in [0.25, 0.3) is 0 Å². The van der Waals surface area contributed by atoms with Crippen molar-refractivity contribution in [2.45, 2.75) is 6.92 Å². The van der Waals surface area contributed by atoms with Crippen molar-refractivity contribution in [1.82, 2.24) is 14.8 Å². The van der Waals surface area contributed by atoms with Gasteiger partial charge in [-0.2, -0.15) is 5.10 Å². The first-order valence-corrected chi connectivity index (χ1v) is 5.62. The number of hydrogen-bond acceptors (Lipinski definition) is 5. The van der Waals surface area contributed by atoms with Crippen LogP contribution in [0, 0.1) is 0 Å². The Morgan fingerprint density at radius 3 is 3.00 bits per heavy atom. The average molecular weight is 267 g/mol. The predicted molar refractivity (Wildman–Crippen MR) is 66.7 cm³/mol. The van der Waals surface area contributed by atoms with Crippen LogP contribution < -0.4 is 5.73 Å². The second-order valence-corrected chi connectivity index (χ2v) is 3.88. The number of carbonyl (C=O) groups excluding carboxylic acids is 1. The molecule has 0 radical (unpaired) electrons. The SMILES string of the molecule is CCOC(=O)c1cnn(-c2ncc(N)cc2Cl)c1. The van der Waals surface area contributed by atoms with Gasteiger partial charge in [0.05, 0.1) is 35.3 Å². The summed E-state index contributed by atoms with van der Waals surface area (Å²) >= 11 is 5.99. The molecule has 0 saturated carbocycles. The molecule has 2 aromatic heterocycles. The van der Waals surface area contributed by atoms with Gasteiger partial charge in [-0.1, -0.05) is 11.6 Å². The summed E-state index contributed by atoms with van der Waals surface area (Å²) in [5.74, 6) is -0.0308. The quantitative estimate of drug-likeness (QED) is 0.855. The monoisotopic (exact) mass is 266 g/mol. The van der Waals surface area contributed by atoms with Crippen molar-refractivity contribution in [3.05, 3.63) is 35.2 Å². The maximum absolute atomic E-state index is 11.5. The molecule has 18 heavy (non-hydrogen) atoms. The fraction of sp³-hybridized carbons (Fsp3) is 0.182. The van der Waals surface area contributed by atoms with Crippen molar-refractivity contribution < 1.29 is 9.53 Å². The Morgan fingerprint density at radius 2 is 2.33 bits per heavy atom. The van der Waals surface area contributed by atoms with Crippen LogP contribution in [-0.2, 0) is 4.74 Å². The first-order chi connectivity index (χ1) is 8.61. The topological polar surface area (TPSA) is 83.0 Å². The fourth-order valence-corrected chi connectivity index (χ4v) is 1.63. The van der Waals surface area contributed by atoms with Gasteiger partial charge in [0, 0.05) is 6.20 Å². The maximum Gasteiger partial charge on any atom is 0.341 e. The molecule has 0 bridgehead atoms. The van der Waals surface area contributed by atoms with Crippen molar-refractivity contribution in [1.29, 1.82) is 0 Å². The highest BCUT2D eigenvalue weighted by atomic mass is 35.5. The Balaban J connectivity index is 2.32. The van der Waals surface area contributed by atoms with E-state index in [9.17, 15) is 4.79 Å². The Bertz CT molecular complexity index is 582. The second kappa shape index (κ2) is 5.05. The van der Waals surface area contributed by atoms with Crippen LogP contribution in [-0.4, -0.2) is 27.3 Å². The van der Waals surface area contributed by atoms with Crippen molar-refractivity contribution in [2.24, 2.45) is 0 Å². The third-order valence-corrected chi connectivity index (χ3v) is 2.43. The van der Waals surface area contributed by atoms with Gasteiger partial charge in [-0.15, -0.1) is 0 Å². The van der Waals surface area contributed by atoms with E-state index in [-0.39, 0.29) is 0 Å². The van der Waals surface area contributed by atoms with E-state index >= 15 is 0 Å². The molecule has 0 amide bonds. The van der Waals surface area contributed by atoms with Crippen LogP contribution >= 0.6 is 11.6 Å². The molecule has 0 saturated heterocycles. The molecule has 7 heteroatoms. The molecular formula is C11H11ClN4O2. The van der Waals surface area contributed by atoms with Crippen molar-refractivity contribution >= 4 is 23.3 Å². The van der Waals surface area contributed by atoms with E-state index in [1.807, 2.05) is 0 Å². The molecule has 2 aromatic rings. The molecule has 0 aliphatic heterocycles. The smallest absolute Gasteiger partial charge is 0.341 e. The Labute approximate surface area is 108 Å². The number of rotatable bonds is 3. The molecule has 6 nitrogen and oxygen atoms in total. The van der Waals surface area contributed by atoms with E-state index in [1.165, 1.54) is 23.3 Å². The van der Waals surface area contributed by atoms with Gasteiger partial charge in [0.2, 0.25) is 0 Å². The highest BCUT2D eigenvalue weighted by Crippen LogP contribution is 2.20. The number of pyridine rings is 1. The minimum atomic E-state index is -0.435. The van der Waals surface area contributed by atoms with Crippen molar-refractivity contribution in [3.63, 3.8) is 0 Å². The summed E-state index contributed by atoms with van der Waals surface area (Å²) in [5.41, 5.74) is 6.35. The van der Waals surface area contributed by atoms with Gasteiger partial charge in [-0.05, 0) is 13.0 Å². The van der Waals surface area contributed by atoms with E-state index in [2.05, 4.69) is 10.1 Å². The molecule has 2 N–H and O–H groups in total. The molecular weight excluding hydrogens is 256 g/mol. The number of aromatic nitrogens is 3. The predicted octanol–water partition coefficient (Wildman–Crippen LogP) is 1.68. The number of carbonyl (C=O) groups is 1. The van der Waals surface area contributed by atoms with Gasteiger partial charge in [0.15, 0.2) is 5.82 Å². The zero-order chi connectivity index (χ0) is 13.1. The number of nitrogens with zero attached hydrogens (tertiary/aromatic N) is 3. The Hall–Kier alpha value is -2.08. The minimum Gasteiger partial charge on any atom is -0.462 e. The largest absolute Gasteiger partial charge is 0.462 e. The molecule has 94 valence electrons. The number of hydrogen-bond donors (Lipinski definition) is 1. The number of nitrogens with two attached hydrogens (primary N) is 1. The Morgan fingerprint density at radius 1 is 1.56 bits per heavy atom. The average Bonchev–Trinajstić information content (AvgIpc) is 2.78. The van der Waals surface area contributed by atoms with Gasteiger partial charge < -0.3 is 10.5 Å². The number of esters is 1. The number of ether oxygens (including phenoxy) is 1. The lowest BCUT2D eigenvalue weighted by atomic mass is 10.4. The summed E-state index contributed by atoms with van der Waals surface area (Å²) in [4.78, 5) is 15.5. The third-order valence-electron chi connectivity index (χ3n) is 2.15. The molecule has 0 aromatic carbocycles. The van der Waals surface area contributed by atoms with E-state index in [1.54, 1.807) is 13.0 Å². The van der Waals surface area contributed by atoms with E-state index in [4.69, 9.17) is 22.1 Å². The first kappa shape index (κ1) is 12.4. The summed E-state index contributed by atoms with van der Waals surface area (Å²) in [6, 6.07) is 1.57. The van der Waals surface area contributed by atoms with Gasteiger partial charge in [-0.3, -0.25) is 0 Å². The summed E-state index contributed by atoms with van der Waals surface area (Å²) in [5, 5.41) is 4.36. The Kier molecular flexibility index (Phi) is 3.47. The van der Waals surface area contributed by atoms with Gasteiger partial charge >= 0.3 is 5.97 Å². The standard InChI is InChI=1S/C11H11ClN4O2/c1-2-18-11(17)7-4-15-16(6-7)10-9(12)3-8(13)5-14-10/h3-6H,2,13H2,1H3. The molecule has 2 rings (SSSR count). The maximum atomic E-state index is 11.5. The van der Waals surface area contributed by atoms with Gasteiger partial charge in [0.1, 0.15) is 0 Å². The van der Waals surface area contributed by atoms with Crippen LogP contribution in [0.2, 0.25) is 5.02 Å². The summed E-state index contributed by atoms with van der Waals surface area (Å²) in [7, 11) is 0. The van der Waals surface area contributed by atoms with E-state index in [0.29, 0.717) is 28.7 Å². The van der Waals surface area contributed by atoms with Crippen LogP contribution in [0.15, 0.2) is 24.7 Å². The number of anilines is 1. The lowest BCUT2D eigenvalue weighted by molar-refractivity contribution is 0.0526. The molecule has 0 atom stereocenters. The molecule has 2 heterocycles. The molecule has 0 unspecified atom stereocenters. The normalized spacial score (nSPS) is 10.3. The van der Waals surface area contributed by atoms with E-state index in [0.717, 1.165) is 0 Å². The van der Waals surface area contributed by atoms with Crippen LogP contribution in [0.25, 0.3) is 5.82 Å². The van der Waals surface area contributed by atoms with Crippen LogP contribution in [0.1, 0.15) is 17.3 Å². The zero-order valence-electron chi connectivity index (χ0n) is 9.63. The summed E-state index contributed by atoms with van der Waals surface area (Å²) in [6.07, 6.45) is 4.36. The van der Waals surface area contributed by atoms with Gasteiger partial charge in [-0.25, -0.2) is 14.5 Å². The number of halogens is 1. The molecule has 0 spiro atoms. The minimum absolute atomic E-state index is 0.310. The highest BCUT2D eigenvalue weighted by molar-refractivity contribution is 6.32. The van der Waals surface area contributed by atoms with Crippen LogP contribution in [0.5, 0.6) is 0 Å². The number of nitrogen functional groups attached to an aromatic ring is 1. The highest BCUT2D eigenvalue weighted by Gasteiger charge is 2.12. The third kappa shape index (κ3) is 2.43. The van der Waals surface area contributed by atoms with Crippen molar-refractivity contribution in [2.75, 3.05) is 12.3 Å². The fourth-order valence-electron chi connectivity index (χ4n) is 1.37. The molecule has 0 aliphatic carbocycles.